The smallest absolute Gasteiger partial charge is 0.174 e. The zero-order valence-corrected chi connectivity index (χ0v) is 11.6. The van der Waals surface area contributed by atoms with Gasteiger partial charge in [0, 0.05) is 11.8 Å². The zero-order chi connectivity index (χ0) is 13.5. The van der Waals surface area contributed by atoms with Gasteiger partial charge in [0.25, 0.3) is 0 Å². The Kier molecular flexibility index (Phi) is 3.63. The van der Waals surface area contributed by atoms with E-state index in [1.807, 2.05) is 13.8 Å². The minimum atomic E-state index is -0.590. The van der Waals surface area contributed by atoms with E-state index in [9.17, 15) is 4.79 Å². The largest absolute Gasteiger partial charge is 0.351 e. The molecule has 0 aliphatic carbocycles. The maximum atomic E-state index is 11.3. The van der Waals surface area contributed by atoms with Crippen molar-refractivity contribution < 1.29 is 19.0 Å². The summed E-state index contributed by atoms with van der Waals surface area (Å²) in [7, 11) is 0. The Labute approximate surface area is 108 Å². The van der Waals surface area contributed by atoms with E-state index in [0.717, 1.165) is 0 Å². The SMILES string of the molecule is C=C(C(C)=O)[C@@H](C)[C@@H]1OC[C@@H]2[C@@H](C)CO[C@]2(C)O1. The van der Waals surface area contributed by atoms with Crippen LogP contribution < -0.4 is 0 Å². The average molecular weight is 254 g/mol. The monoisotopic (exact) mass is 254 g/mol. The van der Waals surface area contributed by atoms with Gasteiger partial charge in [-0.05, 0) is 25.3 Å². The predicted octanol–water partition coefficient (Wildman–Crippen LogP) is 2.14. The summed E-state index contributed by atoms with van der Waals surface area (Å²) in [6.07, 6.45) is -0.451. The molecule has 2 saturated heterocycles. The lowest BCUT2D eigenvalue weighted by Gasteiger charge is -2.42. The molecule has 0 saturated carbocycles. The Morgan fingerprint density at radius 2 is 2.11 bits per heavy atom. The van der Waals surface area contributed by atoms with Gasteiger partial charge in [-0.2, -0.15) is 0 Å². The van der Waals surface area contributed by atoms with Crippen LogP contribution in [0.3, 0.4) is 0 Å². The second-order valence-electron chi connectivity index (χ2n) is 5.60. The molecule has 0 aromatic rings. The van der Waals surface area contributed by atoms with Crippen LogP contribution in [0.1, 0.15) is 27.7 Å². The van der Waals surface area contributed by atoms with Gasteiger partial charge in [-0.15, -0.1) is 0 Å². The molecule has 2 rings (SSSR count). The Morgan fingerprint density at radius 3 is 2.72 bits per heavy atom. The highest BCUT2D eigenvalue weighted by molar-refractivity contribution is 5.93. The molecule has 0 amide bonds. The van der Waals surface area contributed by atoms with Crippen molar-refractivity contribution in [2.45, 2.75) is 39.8 Å². The van der Waals surface area contributed by atoms with E-state index in [2.05, 4.69) is 13.5 Å². The van der Waals surface area contributed by atoms with Crippen LogP contribution in [-0.2, 0) is 19.0 Å². The van der Waals surface area contributed by atoms with E-state index in [1.165, 1.54) is 6.92 Å². The number of Topliss-reactive ketones (excluding diaryl/α,β-unsaturated/α-hetero) is 1. The van der Waals surface area contributed by atoms with Crippen molar-refractivity contribution in [2.24, 2.45) is 17.8 Å². The topological polar surface area (TPSA) is 44.8 Å². The summed E-state index contributed by atoms with van der Waals surface area (Å²) >= 11 is 0. The van der Waals surface area contributed by atoms with E-state index in [-0.39, 0.29) is 17.6 Å². The van der Waals surface area contributed by atoms with Gasteiger partial charge in [-0.1, -0.05) is 20.4 Å². The number of ether oxygens (including phenoxy) is 3. The first kappa shape index (κ1) is 13.7. The Hall–Kier alpha value is -0.710. The summed E-state index contributed by atoms with van der Waals surface area (Å²) in [6, 6.07) is 0. The molecule has 0 bridgehead atoms. The standard InChI is InChI=1S/C14H22O4/c1-8-6-17-14(5)12(8)7-16-13(18-14)10(3)9(2)11(4)15/h8,10,12-13H,2,6-7H2,1,3-5H3/t8-,10+,12+,13+,14+/m0/s1. The van der Waals surface area contributed by atoms with Crippen LogP contribution in [0.5, 0.6) is 0 Å². The molecule has 2 fully saturated rings. The van der Waals surface area contributed by atoms with Gasteiger partial charge in [0.15, 0.2) is 17.9 Å². The number of ketones is 1. The fourth-order valence-corrected chi connectivity index (χ4v) is 2.67. The number of hydrogen-bond donors (Lipinski definition) is 0. The summed E-state index contributed by atoms with van der Waals surface area (Å²) in [5.41, 5.74) is 0.535. The second-order valence-corrected chi connectivity index (χ2v) is 5.60. The Balaban J connectivity index is 2.07. The molecule has 2 aliphatic rings. The molecule has 2 heterocycles. The van der Waals surface area contributed by atoms with Gasteiger partial charge < -0.3 is 14.2 Å². The quantitative estimate of drug-likeness (QED) is 0.724. The molecule has 0 aromatic carbocycles. The third-order valence-corrected chi connectivity index (χ3v) is 4.19. The van der Waals surface area contributed by atoms with Crippen molar-refractivity contribution in [3.05, 3.63) is 12.2 Å². The molecule has 5 atom stereocenters. The first-order valence-corrected chi connectivity index (χ1v) is 6.48. The fourth-order valence-electron chi connectivity index (χ4n) is 2.67. The van der Waals surface area contributed by atoms with Crippen molar-refractivity contribution in [3.8, 4) is 0 Å². The molecule has 102 valence electrons. The molecular weight excluding hydrogens is 232 g/mol. The van der Waals surface area contributed by atoms with Crippen LogP contribution in [0.25, 0.3) is 0 Å². The maximum absolute atomic E-state index is 11.3. The summed E-state index contributed by atoms with van der Waals surface area (Å²) in [5.74, 6) is -0.0792. The van der Waals surface area contributed by atoms with Crippen molar-refractivity contribution in [1.82, 2.24) is 0 Å². The van der Waals surface area contributed by atoms with E-state index < -0.39 is 12.1 Å². The Bertz CT molecular complexity index is 365. The molecule has 0 aromatic heterocycles. The normalized spacial score (nSPS) is 41.2. The first-order chi connectivity index (χ1) is 8.35. The van der Waals surface area contributed by atoms with Crippen molar-refractivity contribution in [2.75, 3.05) is 13.2 Å². The van der Waals surface area contributed by atoms with Crippen molar-refractivity contribution in [3.63, 3.8) is 0 Å². The van der Waals surface area contributed by atoms with Gasteiger partial charge in [-0.3, -0.25) is 4.79 Å². The molecule has 2 aliphatic heterocycles. The molecule has 0 radical (unpaired) electrons. The van der Waals surface area contributed by atoms with Gasteiger partial charge in [0.05, 0.1) is 13.2 Å². The molecule has 0 unspecified atom stereocenters. The van der Waals surface area contributed by atoms with E-state index in [0.29, 0.717) is 24.7 Å². The highest BCUT2D eigenvalue weighted by atomic mass is 16.8. The van der Waals surface area contributed by atoms with Gasteiger partial charge >= 0.3 is 0 Å². The van der Waals surface area contributed by atoms with Crippen molar-refractivity contribution in [1.29, 1.82) is 0 Å². The average Bonchev–Trinajstić information content (AvgIpc) is 2.62. The summed E-state index contributed by atoms with van der Waals surface area (Å²) in [4.78, 5) is 11.3. The van der Waals surface area contributed by atoms with Crippen LogP contribution >= 0.6 is 0 Å². The molecule has 4 heteroatoms. The van der Waals surface area contributed by atoms with Crippen LogP contribution in [0.2, 0.25) is 0 Å². The van der Waals surface area contributed by atoms with Crippen LogP contribution in [0.4, 0.5) is 0 Å². The molecule has 4 nitrogen and oxygen atoms in total. The molecular formula is C14H22O4. The fraction of sp³-hybridized carbons (Fsp3) is 0.786. The van der Waals surface area contributed by atoms with Gasteiger partial charge in [0.1, 0.15) is 0 Å². The Morgan fingerprint density at radius 1 is 1.44 bits per heavy atom. The highest BCUT2D eigenvalue weighted by Crippen LogP contribution is 2.42. The molecule has 0 spiro atoms. The predicted molar refractivity (Wildman–Crippen MR) is 66.8 cm³/mol. The van der Waals surface area contributed by atoms with E-state index in [4.69, 9.17) is 14.2 Å². The maximum Gasteiger partial charge on any atom is 0.174 e. The summed E-state index contributed by atoms with van der Waals surface area (Å²) in [5, 5.41) is 0. The summed E-state index contributed by atoms with van der Waals surface area (Å²) in [6.45, 7) is 12.6. The number of rotatable bonds is 3. The minimum absolute atomic E-state index is 0.0253. The first-order valence-electron chi connectivity index (χ1n) is 6.48. The van der Waals surface area contributed by atoms with E-state index >= 15 is 0 Å². The lowest BCUT2D eigenvalue weighted by Crippen LogP contribution is -2.50. The number of hydrogen-bond acceptors (Lipinski definition) is 4. The van der Waals surface area contributed by atoms with Crippen LogP contribution in [0.15, 0.2) is 12.2 Å². The van der Waals surface area contributed by atoms with Crippen LogP contribution in [-0.4, -0.2) is 31.1 Å². The third kappa shape index (κ3) is 2.25. The lowest BCUT2D eigenvalue weighted by atomic mass is 9.89. The van der Waals surface area contributed by atoms with Gasteiger partial charge in [-0.25, -0.2) is 0 Å². The van der Waals surface area contributed by atoms with Crippen LogP contribution in [0, 0.1) is 17.8 Å². The van der Waals surface area contributed by atoms with Crippen molar-refractivity contribution >= 4 is 5.78 Å². The number of carbonyl (C=O) groups is 1. The number of fused-ring (bicyclic) bond motifs is 1. The zero-order valence-electron chi connectivity index (χ0n) is 11.6. The highest BCUT2D eigenvalue weighted by Gasteiger charge is 2.51. The molecule has 0 N–H and O–H groups in total. The number of carbonyl (C=O) groups excluding carboxylic acids is 1. The third-order valence-electron chi connectivity index (χ3n) is 4.19. The summed E-state index contributed by atoms with van der Waals surface area (Å²) < 4.78 is 17.4. The second kappa shape index (κ2) is 4.76. The molecule has 18 heavy (non-hydrogen) atoms. The van der Waals surface area contributed by atoms with Gasteiger partial charge in [0.2, 0.25) is 0 Å². The lowest BCUT2D eigenvalue weighted by molar-refractivity contribution is -0.349. The van der Waals surface area contributed by atoms with E-state index in [1.54, 1.807) is 0 Å². The minimum Gasteiger partial charge on any atom is -0.351 e.